The van der Waals surface area contributed by atoms with Gasteiger partial charge in [0.25, 0.3) is 6.08 Å². The van der Waals surface area contributed by atoms with Gasteiger partial charge in [-0.15, -0.1) is 0 Å². The van der Waals surface area contributed by atoms with Crippen LogP contribution in [0.15, 0.2) is 10.8 Å². The van der Waals surface area contributed by atoms with Crippen molar-refractivity contribution < 1.29 is 4.39 Å². The summed E-state index contributed by atoms with van der Waals surface area (Å²) < 4.78 is 14.9. The molecular weight excluding hydrogens is 211 g/mol. The Morgan fingerprint density at radius 3 is 2.82 bits per heavy atom. The lowest BCUT2D eigenvalue weighted by Crippen LogP contribution is -2.04. The summed E-state index contributed by atoms with van der Waals surface area (Å²) in [4.78, 5) is 3.59. The summed E-state index contributed by atoms with van der Waals surface area (Å²) in [6, 6.07) is 0.175. The van der Waals surface area contributed by atoms with Gasteiger partial charge in [0.15, 0.2) is 0 Å². The van der Waals surface area contributed by atoms with Gasteiger partial charge in [-0.05, 0) is 29.3 Å². The first kappa shape index (κ1) is 8.71. The molecule has 0 aromatic carbocycles. The van der Waals surface area contributed by atoms with Crippen LogP contribution in [-0.2, 0) is 0 Å². The van der Waals surface area contributed by atoms with Crippen LogP contribution in [0, 0.1) is 6.08 Å². The summed E-state index contributed by atoms with van der Waals surface area (Å²) in [6.07, 6.45) is 2.13. The number of hydrogen-bond donors (Lipinski definition) is 0. The minimum Gasteiger partial charge on any atom is -0.304 e. The van der Waals surface area contributed by atoms with Crippen LogP contribution < -0.4 is 0 Å². The topological polar surface area (TPSA) is 17.8 Å². The predicted molar refractivity (Wildman–Crippen MR) is 44.9 cm³/mol. The molecule has 62 valence electrons. The van der Waals surface area contributed by atoms with Gasteiger partial charge in [0.05, 0.1) is 0 Å². The minimum absolute atomic E-state index is 0.175. The van der Waals surface area contributed by atoms with Gasteiger partial charge >= 0.3 is 0 Å². The highest BCUT2D eigenvalue weighted by molar-refractivity contribution is 9.10. The van der Waals surface area contributed by atoms with E-state index in [9.17, 15) is 4.39 Å². The zero-order valence-electron chi connectivity index (χ0n) is 6.51. The first-order valence-electron chi connectivity index (χ1n) is 3.55. The molecule has 2 nitrogen and oxygen atoms in total. The molecule has 0 fully saturated rings. The van der Waals surface area contributed by atoms with Crippen LogP contribution >= 0.6 is 15.9 Å². The van der Waals surface area contributed by atoms with Crippen molar-refractivity contribution in [3.63, 3.8) is 0 Å². The predicted octanol–water partition coefficient (Wildman–Crippen LogP) is 2.76. The number of nitrogens with zero attached hydrogens (tertiary/aromatic N) is 2. The quantitative estimate of drug-likeness (QED) is 0.750. The zero-order valence-corrected chi connectivity index (χ0v) is 8.10. The number of hydrogen-bond acceptors (Lipinski definition) is 1. The molecule has 0 aliphatic carbocycles. The second kappa shape index (κ2) is 3.34. The lowest BCUT2D eigenvalue weighted by atomic mass is 10.3. The highest BCUT2D eigenvalue weighted by Crippen LogP contribution is 2.16. The van der Waals surface area contributed by atoms with Gasteiger partial charge in [-0.3, -0.25) is 0 Å². The summed E-state index contributed by atoms with van der Waals surface area (Å²) in [5, 5.41) is 0. The number of halogens is 2. The molecule has 0 aliphatic rings. The average molecular weight is 221 g/mol. The van der Waals surface area contributed by atoms with Crippen LogP contribution in [0.5, 0.6) is 0 Å². The van der Waals surface area contributed by atoms with E-state index in [1.165, 1.54) is 4.57 Å². The molecule has 0 amide bonds. The lowest BCUT2D eigenvalue weighted by Gasteiger charge is -2.09. The van der Waals surface area contributed by atoms with E-state index in [1.54, 1.807) is 6.20 Å². The van der Waals surface area contributed by atoms with Crippen molar-refractivity contribution in [2.75, 3.05) is 0 Å². The maximum Gasteiger partial charge on any atom is 0.290 e. The molecule has 4 heteroatoms. The molecule has 1 atom stereocenters. The maximum atomic E-state index is 12.9. The molecule has 1 aromatic rings. The van der Waals surface area contributed by atoms with Crippen molar-refractivity contribution in [1.82, 2.24) is 9.55 Å². The van der Waals surface area contributed by atoms with Crippen LogP contribution in [0.1, 0.15) is 26.3 Å². The summed E-state index contributed by atoms with van der Waals surface area (Å²) in [5.41, 5.74) is 0. The van der Waals surface area contributed by atoms with Gasteiger partial charge in [-0.1, -0.05) is 6.92 Å². The maximum absolute atomic E-state index is 12.9. The van der Waals surface area contributed by atoms with Gasteiger partial charge in [0.1, 0.15) is 4.60 Å². The lowest BCUT2D eigenvalue weighted by molar-refractivity contribution is 0.410. The molecule has 0 spiro atoms. The minimum atomic E-state index is -0.425. The smallest absolute Gasteiger partial charge is 0.290 e. The summed E-state index contributed by atoms with van der Waals surface area (Å²) in [7, 11) is 0. The number of aromatic nitrogens is 2. The molecular formula is C7H10BrFN2. The Labute approximate surface area is 73.6 Å². The van der Waals surface area contributed by atoms with Gasteiger partial charge < -0.3 is 4.57 Å². The Kier molecular flexibility index (Phi) is 2.65. The van der Waals surface area contributed by atoms with Crippen molar-refractivity contribution >= 4 is 15.9 Å². The van der Waals surface area contributed by atoms with E-state index in [0.717, 1.165) is 6.42 Å². The van der Waals surface area contributed by atoms with Gasteiger partial charge in [0.2, 0.25) is 0 Å². The standard InChI is InChI=1S/C7H10BrFN2/c1-3-5(2)11-4-6(8)10-7(11)9/h4-5H,3H2,1-2H3. The molecule has 0 bridgehead atoms. The first-order chi connectivity index (χ1) is 5.15. The van der Waals surface area contributed by atoms with Crippen molar-refractivity contribution in [2.45, 2.75) is 26.3 Å². The molecule has 11 heavy (non-hydrogen) atoms. The summed E-state index contributed by atoms with van der Waals surface area (Å²) in [5.74, 6) is 0. The monoisotopic (exact) mass is 220 g/mol. The van der Waals surface area contributed by atoms with Crippen LogP contribution in [-0.4, -0.2) is 9.55 Å². The van der Waals surface area contributed by atoms with Gasteiger partial charge in [-0.25, -0.2) is 0 Å². The average Bonchev–Trinajstić information content (AvgIpc) is 2.28. The van der Waals surface area contributed by atoms with Crippen LogP contribution in [0.4, 0.5) is 4.39 Å². The molecule has 0 aliphatic heterocycles. The Morgan fingerprint density at radius 2 is 2.45 bits per heavy atom. The fourth-order valence-electron chi connectivity index (χ4n) is 0.849. The second-order valence-electron chi connectivity index (χ2n) is 2.50. The zero-order chi connectivity index (χ0) is 8.43. The third kappa shape index (κ3) is 1.80. The van der Waals surface area contributed by atoms with E-state index in [2.05, 4.69) is 20.9 Å². The van der Waals surface area contributed by atoms with Crippen LogP contribution in [0.2, 0.25) is 0 Å². The largest absolute Gasteiger partial charge is 0.304 e. The van der Waals surface area contributed by atoms with E-state index >= 15 is 0 Å². The van der Waals surface area contributed by atoms with E-state index in [1.807, 2.05) is 13.8 Å². The first-order valence-corrected chi connectivity index (χ1v) is 4.34. The normalized spacial score (nSPS) is 13.5. The van der Waals surface area contributed by atoms with Crippen molar-refractivity contribution in [3.05, 3.63) is 16.9 Å². The van der Waals surface area contributed by atoms with E-state index < -0.39 is 6.08 Å². The number of imidazole rings is 1. The van der Waals surface area contributed by atoms with E-state index in [0.29, 0.717) is 4.60 Å². The Bertz CT molecular complexity index is 247. The molecule has 1 unspecified atom stereocenters. The highest BCUT2D eigenvalue weighted by Gasteiger charge is 2.09. The molecule has 1 aromatic heterocycles. The summed E-state index contributed by atoms with van der Waals surface area (Å²) in [6.45, 7) is 3.97. The fraction of sp³-hybridized carbons (Fsp3) is 0.571. The molecule has 0 radical (unpaired) electrons. The highest BCUT2D eigenvalue weighted by atomic mass is 79.9. The van der Waals surface area contributed by atoms with Crippen molar-refractivity contribution in [1.29, 1.82) is 0 Å². The van der Waals surface area contributed by atoms with Crippen molar-refractivity contribution in [2.24, 2.45) is 0 Å². The Morgan fingerprint density at radius 1 is 1.82 bits per heavy atom. The molecule has 0 saturated carbocycles. The Balaban J connectivity index is 2.93. The molecule has 1 rings (SSSR count). The third-order valence-corrected chi connectivity index (χ3v) is 2.11. The molecule has 1 heterocycles. The van der Waals surface area contributed by atoms with E-state index in [4.69, 9.17) is 0 Å². The van der Waals surface area contributed by atoms with Crippen LogP contribution in [0.25, 0.3) is 0 Å². The third-order valence-electron chi connectivity index (χ3n) is 1.72. The van der Waals surface area contributed by atoms with Gasteiger partial charge in [-0.2, -0.15) is 9.37 Å². The second-order valence-corrected chi connectivity index (χ2v) is 3.31. The number of rotatable bonds is 2. The van der Waals surface area contributed by atoms with Crippen LogP contribution in [0.3, 0.4) is 0 Å². The van der Waals surface area contributed by atoms with E-state index in [-0.39, 0.29) is 6.04 Å². The molecule has 0 saturated heterocycles. The fourth-order valence-corrected chi connectivity index (χ4v) is 1.22. The molecule has 0 N–H and O–H groups in total. The Hall–Kier alpha value is -0.380. The van der Waals surface area contributed by atoms with Crippen molar-refractivity contribution in [3.8, 4) is 0 Å². The SMILES string of the molecule is CCC(C)n1cc(Br)nc1F. The summed E-state index contributed by atoms with van der Waals surface area (Å²) >= 11 is 3.11. The van der Waals surface area contributed by atoms with Gasteiger partial charge in [0, 0.05) is 12.2 Å².